The molecular weight excluding hydrogens is 444 g/mol. The molecule has 3 heteroatoms. The Morgan fingerprint density at radius 2 is 1.34 bits per heavy atom. The third-order valence-corrected chi connectivity index (χ3v) is 7.30. The topological polar surface area (TPSA) is 7.12 Å². The van der Waals surface area contributed by atoms with Gasteiger partial charge in [-0.2, -0.15) is 4.57 Å². The molecule has 0 amide bonds. The third-order valence-electron chi connectivity index (χ3n) is 6.17. The maximum absolute atomic E-state index is 2.36. The summed E-state index contributed by atoms with van der Waals surface area (Å²) in [5.74, 6) is 0. The van der Waals surface area contributed by atoms with Crippen molar-refractivity contribution in [3.8, 4) is 22.5 Å². The Morgan fingerprint density at radius 1 is 0.743 bits per heavy atom. The molecule has 0 saturated carbocycles. The van der Waals surface area contributed by atoms with E-state index in [0.717, 1.165) is 6.54 Å². The van der Waals surface area contributed by atoms with E-state index in [2.05, 4.69) is 151 Å². The summed E-state index contributed by atoms with van der Waals surface area (Å²) in [6.45, 7) is 3.16. The van der Waals surface area contributed by atoms with Crippen molar-refractivity contribution in [1.82, 2.24) is 0 Å². The maximum atomic E-state index is 2.36. The number of thioether (sulfide) groups is 1. The lowest BCUT2D eigenvalue weighted by molar-refractivity contribution is -0.649. The van der Waals surface area contributed by atoms with Crippen LogP contribution in [0.25, 0.3) is 28.6 Å². The molecule has 0 radical (unpaired) electrons. The molecule has 0 fully saturated rings. The first-order valence-corrected chi connectivity index (χ1v) is 12.8. The number of aromatic nitrogens is 1. The molecule has 1 aliphatic heterocycles. The number of hydrogen-bond acceptors (Lipinski definition) is 2. The average Bonchev–Trinajstić information content (AvgIpc) is 3.27. The molecule has 2 nitrogen and oxygen atoms in total. The third kappa shape index (κ3) is 5.01. The summed E-state index contributed by atoms with van der Waals surface area (Å²) < 4.78 is 2.27. The van der Waals surface area contributed by atoms with Gasteiger partial charge in [-0.3, -0.25) is 0 Å². The summed E-state index contributed by atoms with van der Waals surface area (Å²) in [5.41, 5.74) is 7.28. The van der Waals surface area contributed by atoms with Crippen LogP contribution < -0.4 is 9.47 Å². The monoisotopic (exact) mass is 473 g/mol. The Morgan fingerprint density at radius 3 is 1.97 bits per heavy atom. The Kier molecular flexibility index (Phi) is 6.97. The minimum absolute atomic E-state index is 0.963. The molecule has 1 aromatic heterocycles. The van der Waals surface area contributed by atoms with Crippen LogP contribution >= 0.6 is 11.8 Å². The van der Waals surface area contributed by atoms with Gasteiger partial charge in [0.25, 0.3) is 0 Å². The first-order chi connectivity index (χ1) is 17.2. The van der Waals surface area contributed by atoms with Gasteiger partial charge < -0.3 is 4.90 Å². The first kappa shape index (κ1) is 22.9. The van der Waals surface area contributed by atoms with Gasteiger partial charge in [0.2, 0.25) is 11.4 Å². The molecule has 3 aromatic carbocycles. The van der Waals surface area contributed by atoms with E-state index in [9.17, 15) is 0 Å². The van der Waals surface area contributed by atoms with Crippen LogP contribution in [0.3, 0.4) is 0 Å². The van der Waals surface area contributed by atoms with Crippen LogP contribution in [0.4, 0.5) is 5.69 Å². The van der Waals surface area contributed by atoms with E-state index < -0.39 is 0 Å². The highest BCUT2D eigenvalue weighted by molar-refractivity contribution is 8.03. The average molecular weight is 474 g/mol. The van der Waals surface area contributed by atoms with E-state index in [-0.39, 0.29) is 0 Å². The lowest BCUT2D eigenvalue weighted by Gasteiger charge is -2.17. The second-order valence-electron chi connectivity index (χ2n) is 8.41. The van der Waals surface area contributed by atoms with Crippen LogP contribution in [0.1, 0.15) is 12.5 Å². The van der Waals surface area contributed by atoms with Crippen LogP contribution in [0.15, 0.2) is 131 Å². The van der Waals surface area contributed by atoms with Crippen LogP contribution in [0, 0.1) is 0 Å². The zero-order valence-electron chi connectivity index (χ0n) is 20.1. The van der Waals surface area contributed by atoms with Crippen molar-refractivity contribution in [2.45, 2.75) is 11.8 Å². The molecule has 0 bridgehead atoms. The molecule has 0 N–H and O–H groups in total. The second-order valence-corrected chi connectivity index (χ2v) is 9.48. The first-order valence-electron chi connectivity index (χ1n) is 12.0. The van der Waals surface area contributed by atoms with E-state index in [1.54, 1.807) is 0 Å². The number of rotatable bonds is 6. The van der Waals surface area contributed by atoms with Crippen molar-refractivity contribution >= 4 is 23.5 Å². The fraction of sp³-hybridized carbons (Fsp3) is 0.0938. The van der Waals surface area contributed by atoms with E-state index >= 15 is 0 Å². The van der Waals surface area contributed by atoms with Gasteiger partial charge in [-0.25, -0.2) is 0 Å². The molecular formula is C32H29N2S+. The van der Waals surface area contributed by atoms with Crippen molar-refractivity contribution < 1.29 is 4.57 Å². The largest absolute Gasteiger partial charge is 0.335 e. The number of allylic oxidation sites excluding steroid dienone is 4. The van der Waals surface area contributed by atoms with E-state index in [1.807, 2.05) is 11.8 Å². The zero-order chi connectivity index (χ0) is 24.0. The fourth-order valence-corrected chi connectivity index (χ4v) is 5.56. The fourth-order valence-electron chi connectivity index (χ4n) is 4.42. The number of benzene rings is 3. The van der Waals surface area contributed by atoms with Gasteiger partial charge in [-0.15, -0.1) is 0 Å². The molecule has 0 spiro atoms. The van der Waals surface area contributed by atoms with Gasteiger partial charge >= 0.3 is 0 Å². The summed E-state index contributed by atoms with van der Waals surface area (Å²) in [4.78, 5) is 3.69. The summed E-state index contributed by atoms with van der Waals surface area (Å²) in [5, 5.41) is 1.27. The van der Waals surface area contributed by atoms with Gasteiger partial charge in [0.05, 0.1) is 10.7 Å². The standard InChI is InChI=1S/C32H29N2S/c1-3-34-28-20-13-14-21-31(28)35-32(34)22-12-4-7-15-25-23-29(26-16-8-5-9-17-26)33(2)30(24-25)27-18-10-6-11-19-27/h4-24H,3H2,1-2H3/q+1. The minimum Gasteiger partial charge on any atom is -0.335 e. The molecule has 0 aliphatic carbocycles. The lowest BCUT2D eigenvalue weighted by atomic mass is 10.0. The molecule has 0 atom stereocenters. The molecule has 172 valence electrons. The summed E-state index contributed by atoms with van der Waals surface area (Å²) in [7, 11) is 2.14. The molecule has 2 heterocycles. The highest BCUT2D eigenvalue weighted by atomic mass is 32.2. The normalized spacial score (nSPS) is 14.3. The van der Waals surface area contributed by atoms with Gasteiger partial charge in [0.1, 0.15) is 7.05 Å². The molecule has 4 aromatic rings. The van der Waals surface area contributed by atoms with Crippen molar-refractivity contribution in [3.05, 3.63) is 132 Å². The molecule has 35 heavy (non-hydrogen) atoms. The predicted molar refractivity (Wildman–Crippen MR) is 150 cm³/mol. The van der Waals surface area contributed by atoms with Crippen LogP contribution in [-0.2, 0) is 7.05 Å². The van der Waals surface area contributed by atoms with Gasteiger partial charge in [0, 0.05) is 34.7 Å². The summed E-state index contributed by atoms with van der Waals surface area (Å²) in [6.07, 6.45) is 10.8. The number of anilines is 1. The maximum Gasteiger partial charge on any atom is 0.213 e. The zero-order valence-corrected chi connectivity index (χ0v) is 21.0. The smallest absolute Gasteiger partial charge is 0.213 e. The second kappa shape index (κ2) is 10.6. The number of pyridine rings is 1. The molecule has 0 unspecified atom stereocenters. The van der Waals surface area contributed by atoms with Gasteiger partial charge in [-0.05, 0) is 55.0 Å². The molecule has 1 aliphatic rings. The number of fused-ring (bicyclic) bond motifs is 1. The van der Waals surface area contributed by atoms with Crippen molar-refractivity contribution in [3.63, 3.8) is 0 Å². The van der Waals surface area contributed by atoms with Crippen LogP contribution in [0.2, 0.25) is 0 Å². The van der Waals surface area contributed by atoms with E-state index in [0.29, 0.717) is 0 Å². The predicted octanol–water partition coefficient (Wildman–Crippen LogP) is 7.89. The summed E-state index contributed by atoms with van der Waals surface area (Å²) in [6, 6.07) is 34.3. The minimum atomic E-state index is 0.963. The highest BCUT2D eigenvalue weighted by Crippen LogP contribution is 2.45. The van der Waals surface area contributed by atoms with Crippen LogP contribution in [-0.4, -0.2) is 6.54 Å². The lowest BCUT2D eigenvalue weighted by Crippen LogP contribution is -2.34. The Labute approximate surface area is 212 Å². The van der Waals surface area contributed by atoms with Gasteiger partial charge in [-0.1, -0.05) is 84.6 Å². The van der Waals surface area contributed by atoms with Crippen LogP contribution in [0.5, 0.6) is 0 Å². The van der Waals surface area contributed by atoms with E-state index in [4.69, 9.17) is 0 Å². The SMILES string of the molecule is CCN1/C(=C/C=C/C=C/c2cc(-c3ccccc3)[n+](C)c(-c3ccccc3)c2)Sc2ccccc21. The number of nitrogens with zero attached hydrogens (tertiary/aromatic N) is 2. The van der Waals surface area contributed by atoms with Crippen molar-refractivity contribution in [2.24, 2.45) is 7.05 Å². The summed E-state index contributed by atoms with van der Waals surface area (Å²) >= 11 is 1.83. The van der Waals surface area contributed by atoms with E-state index in [1.165, 1.54) is 43.7 Å². The Balaban J connectivity index is 1.42. The molecule has 0 saturated heterocycles. The van der Waals surface area contributed by atoms with Crippen molar-refractivity contribution in [1.29, 1.82) is 0 Å². The number of hydrogen-bond donors (Lipinski definition) is 0. The van der Waals surface area contributed by atoms with Gasteiger partial charge in [0.15, 0.2) is 0 Å². The Hall–Kier alpha value is -3.82. The Bertz CT molecular complexity index is 1340. The quantitative estimate of drug-likeness (QED) is 0.208. The molecule has 5 rings (SSSR count). The highest BCUT2D eigenvalue weighted by Gasteiger charge is 2.22. The van der Waals surface area contributed by atoms with Crippen molar-refractivity contribution in [2.75, 3.05) is 11.4 Å². The number of para-hydroxylation sites is 1.